The molecule has 0 heterocycles. The molecule has 0 saturated heterocycles. The van der Waals surface area contributed by atoms with Crippen molar-refractivity contribution in [1.82, 2.24) is 0 Å². The molecule has 4 heteroatoms. The number of benzene rings is 5. The van der Waals surface area contributed by atoms with Gasteiger partial charge in [-0.05, 0) is 58.1 Å². The number of hydrogen-bond acceptors (Lipinski definition) is 4. The summed E-state index contributed by atoms with van der Waals surface area (Å²) >= 11 is 3.06. The molecule has 186 valence electrons. The minimum atomic E-state index is -0.0935. The molecule has 1 aliphatic carbocycles. The van der Waals surface area contributed by atoms with Crippen molar-refractivity contribution in [2.45, 2.75) is 45.8 Å². The Bertz CT molecular complexity index is 1730. The largest absolute Gasteiger partial charge is 0.289 e. The van der Waals surface area contributed by atoms with Gasteiger partial charge in [0.1, 0.15) is 0 Å². The highest BCUT2D eigenvalue weighted by Gasteiger charge is 2.33. The van der Waals surface area contributed by atoms with Crippen LogP contribution in [0.2, 0.25) is 0 Å². The summed E-state index contributed by atoms with van der Waals surface area (Å²) in [5, 5.41) is 2.32. The Hall–Kier alpha value is -3.60. The van der Waals surface area contributed by atoms with Gasteiger partial charge in [0.05, 0.1) is 0 Å². The Kier molecular flexibility index (Phi) is 6.25. The second-order valence-corrected chi connectivity index (χ2v) is 12.7. The first kappa shape index (κ1) is 24.7. The third-order valence-electron chi connectivity index (χ3n) is 6.89. The third kappa shape index (κ3) is 4.48. The lowest BCUT2D eigenvalue weighted by Crippen LogP contribution is -2.22. The number of carbonyl (C=O) groups is 2. The molecule has 0 bridgehead atoms. The minimum Gasteiger partial charge on any atom is -0.289 e. The van der Waals surface area contributed by atoms with E-state index >= 15 is 0 Å². The summed E-state index contributed by atoms with van der Waals surface area (Å²) in [6.07, 6.45) is 0. The fourth-order valence-corrected chi connectivity index (χ4v) is 6.86. The van der Waals surface area contributed by atoms with Crippen molar-refractivity contribution < 1.29 is 9.59 Å². The molecule has 0 atom stereocenters. The van der Waals surface area contributed by atoms with Crippen LogP contribution in [0, 0.1) is 0 Å². The van der Waals surface area contributed by atoms with Crippen LogP contribution in [0.15, 0.2) is 123 Å². The first-order chi connectivity index (χ1) is 18.3. The first-order valence-corrected chi connectivity index (χ1v) is 14.2. The number of rotatable bonds is 4. The highest BCUT2D eigenvalue weighted by Crippen LogP contribution is 2.41. The van der Waals surface area contributed by atoms with E-state index in [2.05, 4.69) is 75.4 Å². The lowest BCUT2D eigenvalue weighted by Gasteiger charge is -2.22. The van der Waals surface area contributed by atoms with E-state index in [9.17, 15) is 9.59 Å². The number of fused-ring (bicyclic) bond motifs is 3. The van der Waals surface area contributed by atoms with E-state index in [-0.39, 0.29) is 17.0 Å². The summed E-state index contributed by atoms with van der Waals surface area (Å²) in [5.41, 5.74) is 3.29. The number of ketones is 2. The van der Waals surface area contributed by atoms with E-state index in [0.717, 1.165) is 25.0 Å². The van der Waals surface area contributed by atoms with Crippen molar-refractivity contribution in [3.8, 4) is 0 Å². The smallest absolute Gasteiger partial charge is 0.195 e. The summed E-state index contributed by atoms with van der Waals surface area (Å²) < 4.78 is 0. The molecule has 0 amide bonds. The van der Waals surface area contributed by atoms with E-state index in [0.29, 0.717) is 22.3 Å². The minimum absolute atomic E-state index is 0.0732. The summed E-state index contributed by atoms with van der Waals surface area (Å²) in [4.78, 5) is 31.4. The van der Waals surface area contributed by atoms with Crippen LogP contribution >= 0.6 is 23.5 Å². The van der Waals surface area contributed by atoms with Crippen LogP contribution in [-0.4, -0.2) is 11.6 Å². The zero-order valence-electron chi connectivity index (χ0n) is 21.4. The van der Waals surface area contributed by atoms with Gasteiger partial charge < -0.3 is 0 Å². The van der Waals surface area contributed by atoms with Gasteiger partial charge in [-0.15, -0.1) is 0 Å². The molecule has 38 heavy (non-hydrogen) atoms. The van der Waals surface area contributed by atoms with Crippen molar-refractivity contribution in [2.75, 3.05) is 0 Å². The van der Waals surface area contributed by atoms with Gasteiger partial charge in [-0.1, -0.05) is 111 Å². The van der Waals surface area contributed by atoms with Crippen LogP contribution in [-0.2, 0) is 5.41 Å². The fourth-order valence-electron chi connectivity index (χ4n) is 4.86. The molecule has 0 aliphatic heterocycles. The molecule has 0 spiro atoms. The summed E-state index contributed by atoms with van der Waals surface area (Å²) in [6.45, 7) is 6.57. The van der Waals surface area contributed by atoms with Crippen molar-refractivity contribution >= 4 is 45.9 Å². The first-order valence-electron chi connectivity index (χ1n) is 12.6. The Morgan fingerprint density at radius 3 is 1.63 bits per heavy atom. The van der Waals surface area contributed by atoms with E-state index in [1.165, 1.54) is 34.5 Å². The lowest BCUT2D eigenvalue weighted by atomic mass is 9.84. The Morgan fingerprint density at radius 1 is 0.526 bits per heavy atom. The van der Waals surface area contributed by atoms with Crippen LogP contribution in [0.25, 0.3) is 10.8 Å². The highest BCUT2D eigenvalue weighted by molar-refractivity contribution is 7.99. The van der Waals surface area contributed by atoms with E-state index in [1.807, 2.05) is 36.4 Å². The summed E-state index contributed by atoms with van der Waals surface area (Å²) in [6, 6.07) is 34.1. The quantitative estimate of drug-likeness (QED) is 0.227. The van der Waals surface area contributed by atoms with Gasteiger partial charge in [-0.2, -0.15) is 0 Å². The summed E-state index contributed by atoms with van der Waals surface area (Å²) in [7, 11) is 0. The fraction of sp³-hybridized carbons (Fsp3) is 0.118. The van der Waals surface area contributed by atoms with E-state index < -0.39 is 0 Å². The normalized spacial score (nSPS) is 12.9. The molecule has 6 rings (SSSR count). The second-order valence-electron chi connectivity index (χ2n) is 10.5. The molecule has 0 fully saturated rings. The second kappa shape index (κ2) is 9.61. The Balaban J connectivity index is 1.36. The maximum Gasteiger partial charge on any atom is 0.195 e. The van der Waals surface area contributed by atoms with E-state index in [4.69, 9.17) is 0 Å². The van der Waals surface area contributed by atoms with Crippen molar-refractivity contribution in [2.24, 2.45) is 0 Å². The third-order valence-corrected chi connectivity index (χ3v) is 9.01. The molecule has 0 saturated carbocycles. The van der Waals surface area contributed by atoms with Crippen LogP contribution in [0.3, 0.4) is 0 Å². The molecular weight excluding hydrogens is 505 g/mol. The molecular formula is C34H26O2S2. The molecule has 0 unspecified atom stereocenters. The molecule has 2 nitrogen and oxygen atoms in total. The molecule has 5 aromatic carbocycles. The zero-order valence-corrected chi connectivity index (χ0v) is 23.1. The molecule has 0 radical (unpaired) electrons. The monoisotopic (exact) mass is 530 g/mol. The summed E-state index contributed by atoms with van der Waals surface area (Å²) in [5.74, 6) is -0.186. The maximum absolute atomic E-state index is 13.9. The van der Waals surface area contributed by atoms with Gasteiger partial charge in [0.2, 0.25) is 0 Å². The molecule has 5 aromatic rings. The Labute approximate surface area is 231 Å². The topological polar surface area (TPSA) is 34.1 Å². The SMILES string of the molecule is CC(C)(C)c1ccc(Sc2cccc3c2C(=O)c2cccc(Sc4ccc5ccccc5c4)c2C3=O)cc1. The van der Waals surface area contributed by atoms with Crippen LogP contribution in [0.1, 0.15) is 58.2 Å². The van der Waals surface area contributed by atoms with Gasteiger partial charge >= 0.3 is 0 Å². The standard InChI is InChI=1S/C34H26O2S2/c1-34(2,3)23-15-18-24(19-16-23)37-28-12-6-10-26-30(28)32(35)27-11-7-13-29(31(27)33(26)36)38-25-17-14-21-8-4-5-9-22(21)20-25/h4-20H,1-3H3. The van der Waals surface area contributed by atoms with Crippen molar-refractivity contribution in [3.05, 3.63) is 131 Å². The number of hydrogen-bond donors (Lipinski definition) is 0. The van der Waals surface area contributed by atoms with Crippen molar-refractivity contribution in [3.63, 3.8) is 0 Å². The average molecular weight is 531 g/mol. The van der Waals surface area contributed by atoms with Crippen LogP contribution < -0.4 is 0 Å². The van der Waals surface area contributed by atoms with Gasteiger partial charge in [0.25, 0.3) is 0 Å². The van der Waals surface area contributed by atoms with Crippen molar-refractivity contribution in [1.29, 1.82) is 0 Å². The van der Waals surface area contributed by atoms with E-state index in [1.54, 1.807) is 12.1 Å². The molecule has 0 aromatic heterocycles. The van der Waals surface area contributed by atoms with Gasteiger partial charge in [0.15, 0.2) is 11.6 Å². The van der Waals surface area contributed by atoms with Crippen LogP contribution in [0.5, 0.6) is 0 Å². The Morgan fingerprint density at radius 2 is 1.05 bits per heavy atom. The van der Waals surface area contributed by atoms with Gasteiger partial charge in [0, 0.05) is 41.8 Å². The number of carbonyl (C=O) groups excluding carboxylic acids is 2. The molecule has 0 N–H and O–H groups in total. The predicted molar refractivity (Wildman–Crippen MR) is 157 cm³/mol. The zero-order chi connectivity index (χ0) is 26.4. The van der Waals surface area contributed by atoms with Crippen LogP contribution in [0.4, 0.5) is 0 Å². The predicted octanol–water partition coefficient (Wildman–Crippen LogP) is 9.22. The van der Waals surface area contributed by atoms with Gasteiger partial charge in [-0.3, -0.25) is 9.59 Å². The lowest BCUT2D eigenvalue weighted by molar-refractivity contribution is 0.0974. The highest BCUT2D eigenvalue weighted by atomic mass is 32.2. The molecule has 1 aliphatic rings. The van der Waals surface area contributed by atoms with Gasteiger partial charge in [-0.25, -0.2) is 0 Å². The maximum atomic E-state index is 13.9. The average Bonchev–Trinajstić information content (AvgIpc) is 2.91.